The molecule has 5 rings (SSSR count). The lowest BCUT2D eigenvalue weighted by Gasteiger charge is -2.61. The highest BCUT2D eigenvalue weighted by atomic mass is 16.5. The molecule has 0 radical (unpaired) electrons. The van der Waals surface area contributed by atoms with Gasteiger partial charge in [0.2, 0.25) is 0 Å². The summed E-state index contributed by atoms with van der Waals surface area (Å²) in [5, 5.41) is 0. The van der Waals surface area contributed by atoms with E-state index in [1.54, 1.807) is 0 Å². The van der Waals surface area contributed by atoms with Crippen molar-refractivity contribution >= 4 is 5.78 Å². The van der Waals surface area contributed by atoms with Crippen LogP contribution < -0.4 is 0 Å². The summed E-state index contributed by atoms with van der Waals surface area (Å²) < 4.78 is 6.29. The summed E-state index contributed by atoms with van der Waals surface area (Å²) in [5.74, 6) is 6.21. The van der Waals surface area contributed by atoms with Gasteiger partial charge >= 0.3 is 0 Å². The van der Waals surface area contributed by atoms with Crippen LogP contribution in [0.15, 0.2) is 0 Å². The molecule has 0 aromatic rings. The van der Waals surface area contributed by atoms with Gasteiger partial charge in [0.1, 0.15) is 5.78 Å². The SMILES string of the molecule is CO[C@@H]1C[C@H]2[C@@H]3CC[C@H]([C@H](C)[C@H](C)CC(=O)C(C)C)[C@@]3(C)CC[C@@H]2[C@@]2(C)CC[C@@H]3C[C@]312. The first-order valence-corrected chi connectivity index (χ1v) is 13.7. The average Bonchev–Trinajstić information content (AvgIpc) is 3.24. The molecule has 5 aliphatic rings. The monoisotopic (exact) mass is 428 g/mol. The van der Waals surface area contributed by atoms with Crippen LogP contribution in [0, 0.1) is 63.6 Å². The molecule has 0 aromatic carbocycles. The van der Waals surface area contributed by atoms with Crippen LogP contribution >= 0.6 is 0 Å². The van der Waals surface area contributed by atoms with E-state index in [0.29, 0.717) is 40.0 Å². The molecular weight excluding hydrogens is 380 g/mol. The predicted octanol–water partition coefficient (Wildman–Crippen LogP) is 7.16. The van der Waals surface area contributed by atoms with Crippen LogP contribution in [-0.4, -0.2) is 19.0 Å². The highest BCUT2D eigenvalue weighted by Crippen LogP contribution is 2.82. The predicted molar refractivity (Wildman–Crippen MR) is 127 cm³/mol. The van der Waals surface area contributed by atoms with Gasteiger partial charge in [-0.3, -0.25) is 4.79 Å². The summed E-state index contributed by atoms with van der Waals surface area (Å²) in [4.78, 5) is 12.5. The molecule has 11 atom stereocenters. The second-order valence-electron chi connectivity index (χ2n) is 13.6. The molecule has 0 bridgehead atoms. The Balaban J connectivity index is 1.37. The molecule has 0 unspecified atom stereocenters. The normalized spacial score (nSPS) is 52.1. The quantitative estimate of drug-likeness (QED) is 0.449. The number of ketones is 1. The maximum Gasteiger partial charge on any atom is 0.135 e. The van der Waals surface area contributed by atoms with E-state index in [4.69, 9.17) is 4.74 Å². The highest BCUT2D eigenvalue weighted by Gasteiger charge is 2.77. The molecule has 2 heteroatoms. The Kier molecular flexibility index (Phi) is 5.29. The maximum absolute atomic E-state index is 12.5. The van der Waals surface area contributed by atoms with Crippen molar-refractivity contribution in [2.24, 2.45) is 63.6 Å². The van der Waals surface area contributed by atoms with Gasteiger partial charge in [0.05, 0.1) is 6.10 Å². The van der Waals surface area contributed by atoms with Crippen molar-refractivity contribution in [2.75, 3.05) is 7.11 Å². The molecular formula is C29H48O2. The average molecular weight is 429 g/mol. The number of ether oxygens (including phenoxy) is 1. The van der Waals surface area contributed by atoms with Crippen molar-refractivity contribution in [3.63, 3.8) is 0 Å². The first-order chi connectivity index (χ1) is 14.6. The van der Waals surface area contributed by atoms with Crippen molar-refractivity contribution in [1.82, 2.24) is 0 Å². The Labute approximate surface area is 191 Å². The molecule has 0 N–H and O–H groups in total. The lowest BCUT2D eigenvalue weighted by molar-refractivity contribution is -0.161. The van der Waals surface area contributed by atoms with Crippen molar-refractivity contribution in [1.29, 1.82) is 0 Å². The van der Waals surface area contributed by atoms with Crippen molar-refractivity contribution in [3.8, 4) is 0 Å². The topological polar surface area (TPSA) is 26.3 Å². The molecule has 5 fully saturated rings. The Hall–Kier alpha value is -0.370. The molecule has 0 aliphatic heterocycles. The summed E-state index contributed by atoms with van der Waals surface area (Å²) in [7, 11) is 2.00. The molecule has 2 nitrogen and oxygen atoms in total. The van der Waals surface area contributed by atoms with E-state index in [2.05, 4.69) is 41.5 Å². The van der Waals surface area contributed by atoms with Gasteiger partial charge in [0, 0.05) is 24.9 Å². The molecule has 0 heterocycles. The number of rotatable bonds is 6. The second-order valence-corrected chi connectivity index (χ2v) is 13.6. The molecule has 5 aliphatic carbocycles. The number of hydrogen-bond acceptors (Lipinski definition) is 2. The summed E-state index contributed by atoms with van der Waals surface area (Å²) in [6.45, 7) is 14.3. The van der Waals surface area contributed by atoms with E-state index in [9.17, 15) is 4.79 Å². The lowest BCUT2D eigenvalue weighted by atomic mass is 9.45. The van der Waals surface area contributed by atoms with Crippen molar-refractivity contribution in [2.45, 2.75) is 105 Å². The minimum absolute atomic E-state index is 0.177. The van der Waals surface area contributed by atoms with Gasteiger partial charge in [-0.1, -0.05) is 41.5 Å². The molecule has 5 saturated carbocycles. The fourth-order valence-electron chi connectivity index (χ4n) is 10.6. The first-order valence-electron chi connectivity index (χ1n) is 13.7. The van der Waals surface area contributed by atoms with E-state index in [1.165, 1.54) is 51.4 Å². The number of carbonyl (C=O) groups excluding carboxylic acids is 1. The molecule has 0 saturated heterocycles. The molecule has 0 amide bonds. The van der Waals surface area contributed by atoms with Crippen LogP contribution in [0.3, 0.4) is 0 Å². The molecule has 0 aromatic heterocycles. The Morgan fingerprint density at radius 2 is 1.74 bits per heavy atom. The van der Waals surface area contributed by atoms with Crippen molar-refractivity contribution < 1.29 is 9.53 Å². The van der Waals surface area contributed by atoms with Gasteiger partial charge in [0.15, 0.2) is 0 Å². The summed E-state index contributed by atoms with van der Waals surface area (Å²) in [6, 6.07) is 0. The number of Topliss-reactive ketones (excluding diaryl/α,β-unsaturated/α-hetero) is 1. The third-order valence-electron chi connectivity index (χ3n) is 12.6. The van der Waals surface area contributed by atoms with Crippen LogP contribution in [0.2, 0.25) is 0 Å². The standard InChI is InChI=1S/C29H48O2/c1-17(2)25(30)14-18(3)19(4)22-8-9-23-21-15-26(31-7)29-16-20(29)10-13-28(29,6)24(21)11-12-27(22,23)5/h17-24,26H,8-16H2,1-7H3/t18-,19-,20-,21+,22-,23+,24+,26-,27-,28-,29+/m1/s1. The van der Waals surface area contributed by atoms with Crippen LogP contribution in [0.4, 0.5) is 0 Å². The second kappa shape index (κ2) is 7.31. The Bertz CT molecular complexity index is 728. The minimum Gasteiger partial charge on any atom is -0.381 e. The van der Waals surface area contributed by atoms with Gasteiger partial charge in [-0.25, -0.2) is 0 Å². The summed E-state index contributed by atoms with van der Waals surface area (Å²) in [6.07, 6.45) is 12.6. The van der Waals surface area contributed by atoms with E-state index in [0.717, 1.165) is 36.0 Å². The van der Waals surface area contributed by atoms with E-state index in [-0.39, 0.29) is 5.92 Å². The number of carbonyl (C=O) groups is 1. The maximum atomic E-state index is 12.5. The van der Waals surface area contributed by atoms with E-state index >= 15 is 0 Å². The van der Waals surface area contributed by atoms with Crippen LogP contribution in [0.5, 0.6) is 0 Å². The number of hydrogen-bond donors (Lipinski definition) is 0. The largest absolute Gasteiger partial charge is 0.381 e. The van der Waals surface area contributed by atoms with Crippen molar-refractivity contribution in [3.05, 3.63) is 0 Å². The van der Waals surface area contributed by atoms with E-state index < -0.39 is 0 Å². The lowest BCUT2D eigenvalue weighted by Crippen LogP contribution is -2.57. The Morgan fingerprint density at radius 1 is 1.00 bits per heavy atom. The zero-order chi connectivity index (χ0) is 22.3. The first kappa shape index (κ1) is 22.4. The summed E-state index contributed by atoms with van der Waals surface area (Å²) >= 11 is 0. The molecule has 31 heavy (non-hydrogen) atoms. The number of fused-ring (bicyclic) bond motifs is 4. The highest BCUT2D eigenvalue weighted by molar-refractivity contribution is 5.80. The summed E-state index contributed by atoms with van der Waals surface area (Å²) in [5.41, 5.74) is 1.54. The smallest absolute Gasteiger partial charge is 0.135 e. The van der Waals surface area contributed by atoms with Gasteiger partial charge in [-0.15, -0.1) is 0 Å². The van der Waals surface area contributed by atoms with Crippen LogP contribution in [-0.2, 0) is 9.53 Å². The fraction of sp³-hybridized carbons (Fsp3) is 0.966. The van der Waals surface area contributed by atoms with Gasteiger partial charge < -0.3 is 4.74 Å². The zero-order valence-corrected chi connectivity index (χ0v) is 21.4. The number of methoxy groups -OCH3 is 1. The van der Waals surface area contributed by atoms with Gasteiger partial charge in [-0.05, 0) is 104 Å². The molecule has 176 valence electrons. The third-order valence-corrected chi connectivity index (χ3v) is 12.6. The van der Waals surface area contributed by atoms with Crippen LogP contribution in [0.1, 0.15) is 99.3 Å². The fourth-order valence-corrected chi connectivity index (χ4v) is 10.6. The van der Waals surface area contributed by atoms with Crippen LogP contribution in [0.25, 0.3) is 0 Å². The van der Waals surface area contributed by atoms with Gasteiger partial charge in [-0.2, -0.15) is 0 Å². The minimum atomic E-state index is 0.177. The zero-order valence-electron chi connectivity index (χ0n) is 21.4. The molecule has 1 spiro atoms. The Morgan fingerprint density at radius 3 is 2.39 bits per heavy atom. The third kappa shape index (κ3) is 2.88. The van der Waals surface area contributed by atoms with E-state index in [1.807, 2.05) is 7.11 Å². The van der Waals surface area contributed by atoms with Gasteiger partial charge in [0.25, 0.3) is 0 Å².